The second-order valence-electron chi connectivity index (χ2n) is 7.34. The van der Waals surface area contributed by atoms with E-state index in [0.29, 0.717) is 5.56 Å². The molecule has 0 atom stereocenters. The lowest BCUT2D eigenvalue weighted by atomic mass is 10.1. The molecule has 0 aromatic heterocycles. The zero-order chi connectivity index (χ0) is 25.8. The summed E-state index contributed by atoms with van der Waals surface area (Å²) < 4.78 is 83.6. The van der Waals surface area contributed by atoms with Crippen molar-refractivity contribution >= 4 is 21.4 Å². The number of amides is 1. The molecule has 12 heteroatoms. The van der Waals surface area contributed by atoms with E-state index in [4.69, 9.17) is 4.74 Å². The van der Waals surface area contributed by atoms with Crippen LogP contribution in [0.5, 0.6) is 17.2 Å². The van der Waals surface area contributed by atoms with Gasteiger partial charge in [0, 0.05) is 23.9 Å². The first kappa shape index (κ1) is 25.8. The number of rotatable bonds is 8. The molecule has 0 bridgehead atoms. The Hall–Kier alpha value is -3.80. The lowest BCUT2D eigenvalue weighted by Crippen LogP contribution is -2.17. The summed E-state index contributed by atoms with van der Waals surface area (Å²) in [6.07, 6.45) is -3.61. The van der Waals surface area contributed by atoms with Gasteiger partial charge in [0.25, 0.3) is 5.91 Å². The van der Waals surface area contributed by atoms with E-state index in [9.17, 15) is 35.9 Å². The van der Waals surface area contributed by atoms with Gasteiger partial charge < -0.3 is 19.9 Å². The van der Waals surface area contributed by atoms with Gasteiger partial charge >= 0.3 is 6.36 Å². The van der Waals surface area contributed by atoms with Gasteiger partial charge in [-0.05, 0) is 54.1 Å². The van der Waals surface area contributed by atoms with E-state index in [-0.39, 0.29) is 40.7 Å². The number of phenols is 1. The molecular weight excluding hydrogens is 494 g/mol. The molecule has 0 heterocycles. The molecular formula is C23H19F4NO6S. The number of benzene rings is 3. The molecule has 0 aliphatic heterocycles. The molecule has 7 nitrogen and oxygen atoms in total. The molecule has 0 saturated heterocycles. The van der Waals surface area contributed by atoms with Crippen LogP contribution >= 0.6 is 0 Å². The van der Waals surface area contributed by atoms with Gasteiger partial charge in [0.15, 0.2) is 21.4 Å². The van der Waals surface area contributed by atoms with Crippen LogP contribution in [0.2, 0.25) is 0 Å². The van der Waals surface area contributed by atoms with Crippen LogP contribution in [0.15, 0.2) is 65.6 Å². The highest BCUT2D eigenvalue weighted by Gasteiger charge is 2.30. The Labute approximate surface area is 197 Å². The summed E-state index contributed by atoms with van der Waals surface area (Å²) >= 11 is 0. The number of halogens is 4. The van der Waals surface area contributed by atoms with Crippen LogP contribution in [-0.2, 0) is 16.3 Å². The first-order valence-electron chi connectivity index (χ1n) is 9.93. The number of nitrogens with one attached hydrogen (secondary N) is 1. The van der Waals surface area contributed by atoms with Crippen LogP contribution in [-0.4, -0.2) is 38.7 Å². The van der Waals surface area contributed by atoms with Crippen molar-refractivity contribution in [3.63, 3.8) is 0 Å². The summed E-state index contributed by atoms with van der Waals surface area (Å²) in [7, 11) is -3.74. The maximum atomic E-state index is 14.4. The Morgan fingerprint density at radius 3 is 2.31 bits per heavy atom. The van der Waals surface area contributed by atoms with Crippen LogP contribution in [0.25, 0.3) is 0 Å². The SMILES string of the molecule is CS(=O)(=O)c1cc(NC(=O)c2ccc(OCCc3ccc(OC(F)(F)F)cc3)c(F)c2)ccc1O. The maximum Gasteiger partial charge on any atom is 0.573 e. The predicted octanol–water partition coefficient (Wildman–Crippen LogP) is 4.71. The molecule has 3 aromatic rings. The zero-order valence-electron chi connectivity index (χ0n) is 18.1. The lowest BCUT2D eigenvalue weighted by molar-refractivity contribution is -0.274. The highest BCUT2D eigenvalue weighted by atomic mass is 32.2. The first-order valence-corrected chi connectivity index (χ1v) is 11.8. The Morgan fingerprint density at radius 1 is 1.03 bits per heavy atom. The molecule has 3 aromatic carbocycles. The standard InChI is InChI=1S/C23H19F4NO6S/c1-35(31,32)21-13-16(5-8-19(21)29)28-22(30)15-4-9-20(18(24)12-15)33-11-10-14-2-6-17(7-3-14)34-23(25,26)27/h2-9,12-13,29H,10-11H2,1H3,(H,28,30). The van der Waals surface area contributed by atoms with E-state index < -0.39 is 33.7 Å². The second-order valence-corrected chi connectivity index (χ2v) is 9.33. The van der Waals surface area contributed by atoms with Crippen LogP contribution in [0.4, 0.5) is 23.2 Å². The van der Waals surface area contributed by atoms with Crippen molar-refractivity contribution in [3.8, 4) is 17.2 Å². The highest BCUT2D eigenvalue weighted by Crippen LogP contribution is 2.27. The Balaban J connectivity index is 1.59. The summed E-state index contributed by atoms with van der Waals surface area (Å²) in [6, 6.07) is 12.1. The number of phenolic OH excluding ortho intramolecular Hbond substituents is 1. The van der Waals surface area contributed by atoms with Crippen LogP contribution in [0, 0.1) is 5.82 Å². The average Bonchev–Trinajstić information content (AvgIpc) is 2.75. The number of hydrogen-bond donors (Lipinski definition) is 2. The third kappa shape index (κ3) is 7.34. The molecule has 0 spiro atoms. The van der Waals surface area contributed by atoms with Crippen LogP contribution in [0.3, 0.4) is 0 Å². The van der Waals surface area contributed by atoms with Crippen LogP contribution in [0.1, 0.15) is 15.9 Å². The fraction of sp³-hybridized carbons (Fsp3) is 0.174. The van der Waals surface area contributed by atoms with Gasteiger partial charge in [-0.2, -0.15) is 0 Å². The third-order valence-corrected chi connectivity index (χ3v) is 5.74. The molecule has 0 saturated carbocycles. The third-order valence-electron chi connectivity index (χ3n) is 4.62. The number of ether oxygens (including phenoxy) is 2. The number of carbonyl (C=O) groups is 1. The monoisotopic (exact) mass is 513 g/mol. The van der Waals surface area contributed by atoms with Gasteiger partial charge in [0.1, 0.15) is 16.4 Å². The normalized spacial score (nSPS) is 11.7. The quantitative estimate of drug-likeness (QED) is 0.334. The Kier molecular flexibility index (Phi) is 7.54. The highest BCUT2D eigenvalue weighted by molar-refractivity contribution is 7.90. The van der Waals surface area contributed by atoms with Crippen molar-refractivity contribution in [2.45, 2.75) is 17.7 Å². The Bertz CT molecular complexity index is 1320. The molecule has 0 radical (unpaired) electrons. The van der Waals surface area contributed by atoms with E-state index in [2.05, 4.69) is 10.1 Å². The number of alkyl halides is 3. The number of hydrogen-bond acceptors (Lipinski definition) is 6. The van der Waals surface area contributed by atoms with Gasteiger partial charge in [-0.25, -0.2) is 12.8 Å². The predicted molar refractivity (Wildman–Crippen MR) is 118 cm³/mol. The Morgan fingerprint density at radius 2 is 1.71 bits per heavy atom. The fourth-order valence-electron chi connectivity index (χ4n) is 2.99. The molecule has 0 fully saturated rings. The summed E-state index contributed by atoms with van der Waals surface area (Å²) in [6.45, 7) is 0.0176. The molecule has 3 rings (SSSR count). The number of sulfone groups is 1. The van der Waals surface area contributed by atoms with Crippen LogP contribution < -0.4 is 14.8 Å². The van der Waals surface area contributed by atoms with Gasteiger partial charge in [0.05, 0.1) is 6.61 Å². The van der Waals surface area contributed by atoms with E-state index in [0.717, 1.165) is 36.6 Å². The van der Waals surface area contributed by atoms with Gasteiger partial charge in [-0.1, -0.05) is 12.1 Å². The van der Waals surface area contributed by atoms with Crippen molar-refractivity contribution in [3.05, 3.63) is 77.6 Å². The average molecular weight is 513 g/mol. The maximum absolute atomic E-state index is 14.4. The second kappa shape index (κ2) is 10.2. The van der Waals surface area contributed by atoms with Crippen molar-refractivity contribution in [2.75, 3.05) is 18.2 Å². The minimum Gasteiger partial charge on any atom is -0.507 e. The van der Waals surface area contributed by atoms with E-state index in [1.54, 1.807) is 0 Å². The molecule has 0 unspecified atom stereocenters. The fourth-order valence-corrected chi connectivity index (χ4v) is 3.78. The van der Waals surface area contributed by atoms with E-state index in [1.807, 2.05) is 0 Å². The van der Waals surface area contributed by atoms with Crippen molar-refractivity contribution in [1.82, 2.24) is 0 Å². The minimum absolute atomic E-state index is 0.0176. The summed E-state index contributed by atoms with van der Waals surface area (Å²) in [5.41, 5.74) is 0.656. The van der Waals surface area contributed by atoms with E-state index in [1.165, 1.54) is 30.3 Å². The number of aromatic hydroxyl groups is 1. The molecule has 0 aliphatic rings. The molecule has 186 valence electrons. The molecule has 1 amide bonds. The first-order chi connectivity index (χ1) is 16.3. The molecule has 35 heavy (non-hydrogen) atoms. The number of anilines is 1. The smallest absolute Gasteiger partial charge is 0.507 e. The summed E-state index contributed by atoms with van der Waals surface area (Å²) in [4.78, 5) is 12.1. The number of carbonyl (C=O) groups excluding carboxylic acids is 1. The topological polar surface area (TPSA) is 102 Å². The van der Waals surface area contributed by atoms with Crippen molar-refractivity contribution in [2.24, 2.45) is 0 Å². The van der Waals surface area contributed by atoms with Crippen molar-refractivity contribution < 1.29 is 45.4 Å². The van der Waals surface area contributed by atoms with Gasteiger partial charge in [-0.3, -0.25) is 4.79 Å². The summed E-state index contributed by atoms with van der Waals surface area (Å²) in [5, 5.41) is 12.1. The zero-order valence-corrected chi connectivity index (χ0v) is 18.9. The lowest BCUT2D eigenvalue weighted by Gasteiger charge is -2.11. The summed E-state index contributed by atoms with van der Waals surface area (Å²) in [5.74, 6) is -2.51. The molecule has 0 aliphatic carbocycles. The van der Waals surface area contributed by atoms with E-state index >= 15 is 0 Å². The minimum atomic E-state index is -4.78. The van der Waals surface area contributed by atoms with Crippen molar-refractivity contribution in [1.29, 1.82) is 0 Å². The van der Waals surface area contributed by atoms with Gasteiger partial charge in [0.2, 0.25) is 0 Å². The largest absolute Gasteiger partial charge is 0.573 e. The molecule has 2 N–H and O–H groups in total. The van der Waals surface area contributed by atoms with Gasteiger partial charge in [-0.15, -0.1) is 13.2 Å².